The highest BCUT2D eigenvalue weighted by molar-refractivity contribution is 9.10. The Morgan fingerprint density at radius 1 is 1.09 bits per heavy atom. The summed E-state index contributed by atoms with van der Waals surface area (Å²) in [5, 5.41) is 7.91. The van der Waals surface area contributed by atoms with Gasteiger partial charge in [0, 0.05) is 16.8 Å². The fourth-order valence-corrected chi connectivity index (χ4v) is 3.68. The monoisotopic (exact) mass is 527 g/mol. The summed E-state index contributed by atoms with van der Waals surface area (Å²) in [5.74, 6) is 0.585. The zero-order valence-electron chi connectivity index (χ0n) is 17.7. The molecule has 1 heterocycles. The van der Waals surface area contributed by atoms with E-state index in [1.54, 1.807) is 41.2 Å². The van der Waals surface area contributed by atoms with Crippen molar-refractivity contribution in [1.29, 1.82) is 0 Å². The molecule has 33 heavy (non-hydrogen) atoms. The molecule has 1 aromatic heterocycles. The number of ether oxygens (including phenoxy) is 1. The van der Waals surface area contributed by atoms with E-state index >= 15 is 0 Å². The first-order valence-corrected chi connectivity index (χ1v) is 11.3. The van der Waals surface area contributed by atoms with Crippen LogP contribution in [0.5, 0.6) is 5.75 Å². The second-order valence-electron chi connectivity index (χ2n) is 7.50. The van der Waals surface area contributed by atoms with Crippen molar-refractivity contribution in [3.63, 3.8) is 0 Å². The van der Waals surface area contributed by atoms with Gasteiger partial charge >= 0.3 is 0 Å². The molecule has 0 aliphatic rings. The van der Waals surface area contributed by atoms with Crippen LogP contribution in [0.25, 0.3) is 0 Å². The Balaban J connectivity index is 1.36. The Labute approximate surface area is 204 Å². The number of carbonyl (C=O) groups excluding carboxylic acids is 1. The van der Waals surface area contributed by atoms with E-state index in [1.165, 1.54) is 12.1 Å². The summed E-state index contributed by atoms with van der Waals surface area (Å²) in [7, 11) is 0. The molecule has 0 saturated heterocycles. The molecular formula is C25H20BrClFN3O2. The van der Waals surface area contributed by atoms with E-state index in [0.29, 0.717) is 34.0 Å². The van der Waals surface area contributed by atoms with Gasteiger partial charge in [-0.25, -0.2) is 4.39 Å². The number of carbonyl (C=O) groups is 1. The van der Waals surface area contributed by atoms with Gasteiger partial charge in [0.1, 0.15) is 18.2 Å². The summed E-state index contributed by atoms with van der Waals surface area (Å²) >= 11 is 9.46. The molecule has 4 aromatic rings. The Kier molecular flexibility index (Phi) is 7.11. The third-order valence-electron chi connectivity index (χ3n) is 4.96. The zero-order chi connectivity index (χ0) is 23.4. The van der Waals surface area contributed by atoms with E-state index in [4.69, 9.17) is 16.3 Å². The molecule has 0 spiro atoms. The Bertz CT molecular complexity index is 1270. The average molecular weight is 529 g/mol. The van der Waals surface area contributed by atoms with Crippen LogP contribution < -0.4 is 10.1 Å². The molecule has 3 aromatic carbocycles. The quantitative estimate of drug-likeness (QED) is 0.293. The fraction of sp³-hybridized carbons (Fsp3) is 0.120. The van der Waals surface area contributed by atoms with Gasteiger partial charge in [-0.2, -0.15) is 5.10 Å². The van der Waals surface area contributed by atoms with Crippen molar-refractivity contribution in [3.8, 4) is 5.75 Å². The van der Waals surface area contributed by atoms with Crippen LogP contribution in [0, 0.1) is 12.7 Å². The zero-order valence-corrected chi connectivity index (χ0v) is 20.0. The van der Waals surface area contributed by atoms with Gasteiger partial charge in [-0.15, -0.1) is 0 Å². The molecule has 0 saturated carbocycles. The van der Waals surface area contributed by atoms with Crippen LogP contribution in [-0.2, 0) is 13.2 Å². The van der Waals surface area contributed by atoms with Crippen molar-refractivity contribution in [1.82, 2.24) is 9.78 Å². The summed E-state index contributed by atoms with van der Waals surface area (Å²) in [4.78, 5) is 12.7. The van der Waals surface area contributed by atoms with E-state index in [9.17, 15) is 9.18 Å². The van der Waals surface area contributed by atoms with Gasteiger partial charge in [0.25, 0.3) is 5.91 Å². The van der Waals surface area contributed by atoms with Gasteiger partial charge in [-0.05, 0) is 82.0 Å². The number of hydrogen-bond donors (Lipinski definition) is 1. The van der Waals surface area contributed by atoms with Crippen molar-refractivity contribution in [2.75, 3.05) is 5.32 Å². The Morgan fingerprint density at radius 2 is 1.79 bits per heavy atom. The maximum absolute atomic E-state index is 13.1. The Morgan fingerprint density at radius 3 is 2.48 bits per heavy atom. The molecule has 0 bridgehead atoms. The normalized spacial score (nSPS) is 10.8. The highest BCUT2D eigenvalue weighted by atomic mass is 79.9. The number of nitrogens with zero attached hydrogens (tertiary/aromatic N) is 2. The highest BCUT2D eigenvalue weighted by Crippen LogP contribution is 2.23. The predicted octanol–water partition coefficient (Wildman–Crippen LogP) is 6.63. The first-order chi connectivity index (χ1) is 15.9. The first-order valence-electron chi connectivity index (χ1n) is 10.1. The van der Waals surface area contributed by atoms with Crippen LogP contribution in [0.2, 0.25) is 5.02 Å². The molecule has 0 aliphatic carbocycles. The van der Waals surface area contributed by atoms with E-state index < -0.39 is 0 Å². The van der Waals surface area contributed by atoms with Gasteiger partial charge in [0.05, 0.1) is 11.0 Å². The number of aryl methyl sites for hydroxylation is 1. The van der Waals surface area contributed by atoms with Crippen molar-refractivity contribution in [3.05, 3.63) is 110 Å². The van der Waals surface area contributed by atoms with E-state index in [2.05, 4.69) is 26.3 Å². The van der Waals surface area contributed by atoms with Crippen molar-refractivity contribution >= 4 is 39.3 Å². The van der Waals surface area contributed by atoms with Gasteiger partial charge in [0.15, 0.2) is 5.82 Å². The summed E-state index contributed by atoms with van der Waals surface area (Å²) in [5.41, 5.74) is 3.29. The third-order valence-corrected chi connectivity index (χ3v) is 5.96. The van der Waals surface area contributed by atoms with Gasteiger partial charge in [-0.3, -0.25) is 9.48 Å². The van der Waals surface area contributed by atoms with E-state index in [1.807, 2.05) is 31.2 Å². The van der Waals surface area contributed by atoms with E-state index in [-0.39, 0.29) is 11.7 Å². The van der Waals surface area contributed by atoms with Gasteiger partial charge < -0.3 is 10.1 Å². The minimum atomic E-state index is -0.286. The minimum absolute atomic E-state index is 0.275. The summed E-state index contributed by atoms with van der Waals surface area (Å²) in [6.07, 6.45) is 1.76. The number of aromatic nitrogens is 2. The van der Waals surface area contributed by atoms with Crippen LogP contribution in [0.1, 0.15) is 27.0 Å². The molecule has 1 amide bonds. The average Bonchev–Trinajstić information content (AvgIpc) is 3.15. The summed E-state index contributed by atoms with van der Waals surface area (Å²) in [6.45, 7) is 2.76. The lowest BCUT2D eigenvalue weighted by molar-refractivity contribution is 0.102. The Hall–Kier alpha value is -3.16. The molecule has 1 N–H and O–H groups in total. The molecule has 4 rings (SSSR count). The van der Waals surface area contributed by atoms with Crippen molar-refractivity contribution in [2.45, 2.75) is 20.1 Å². The van der Waals surface area contributed by atoms with Crippen molar-refractivity contribution in [2.24, 2.45) is 0 Å². The number of amides is 1. The summed E-state index contributed by atoms with van der Waals surface area (Å²) in [6, 6.07) is 18.9. The van der Waals surface area contributed by atoms with Crippen LogP contribution in [0.4, 0.5) is 10.2 Å². The number of benzene rings is 3. The molecule has 0 atom stereocenters. The van der Waals surface area contributed by atoms with E-state index in [0.717, 1.165) is 22.4 Å². The molecule has 0 fully saturated rings. The fourth-order valence-electron chi connectivity index (χ4n) is 3.15. The number of halogens is 3. The second kappa shape index (κ2) is 10.2. The number of anilines is 1. The largest absolute Gasteiger partial charge is 0.489 e. The standard InChI is InChI=1S/C25H20BrClFN3O2/c1-16-12-21(10-11-23(16)27)33-15-18-2-6-19(7-3-18)25(32)29-24-22(26)14-31(30-24)13-17-4-8-20(28)9-5-17/h2-12,14H,13,15H2,1H3,(H,29,30,32). The highest BCUT2D eigenvalue weighted by Gasteiger charge is 2.13. The molecular weight excluding hydrogens is 509 g/mol. The molecule has 5 nitrogen and oxygen atoms in total. The maximum atomic E-state index is 13.1. The smallest absolute Gasteiger partial charge is 0.256 e. The third kappa shape index (κ3) is 6.00. The van der Waals surface area contributed by atoms with Gasteiger partial charge in [-0.1, -0.05) is 35.9 Å². The van der Waals surface area contributed by atoms with Crippen LogP contribution in [0.15, 0.2) is 77.4 Å². The van der Waals surface area contributed by atoms with Crippen molar-refractivity contribution < 1.29 is 13.9 Å². The molecule has 0 radical (unpaired) electrons. The molecule has 0 aliphatic heterocycles. The lowest BCUT2D eigenvalue weighted by Gasteiger charge is -2.09. The maximum Gasteiger partial charge on any atom is 0.256 e. The second-order valence-corrected chi connectivity index (χ2v) is 8.76. The topological polar surface area (TPSA) is 56.1 Å². The lowest BCUT2D eigenvalue weighted by Crippen LogP contribution is -2.13. The minimum Gasteiger partial charge on any atom is -0.489 e. The number of nitrogens with one attached hydrogen (secondary N) is 1. The van der Waals surface area contributed by atoms with Crippen LogP contribution in [-0.4, -0.2) is 15.7 Å². The number of hydrogen-bond acceptors (Lipinski definition) is 3. The molecule has 168 valence electrons. The number of rotatable bonds is 7. The van der Waals surface area contributed by atoms with Crippen LogP contribution >= 0.6 is 27.5 Å². The van der Waals surface area contributed by atoms with Crippen LogP contribution in [0.3, 0.4) is 0 Å². The first kappa shape index (κ1) is 23.0. The van der Waals surface area contributed by atoms with Gasteiger partial charge in [0.2, 0.25) is 0 Å². The molecule has 0 unspecified atom stereocenters. The summed E-state index contributed by atoms with van der Waals surface area (Å²) < 4.78 is 21.2. The lowest BCUT2D eigenvalue weighted by atomic mass is 10.1. The molecule has 8 heteroatoms. The SMILES string of the molecule is Cc1cc(OCc2ccc(C(=O)Nc3nn(Cc4ccc(F)cc4)cc3Br)cc2)ccc1Cl. The predicted molar refractivity (Wildman–Crippen MR) is 130 cm³/mol.